The Morgan fingerprint density at radius 1 is 1.21 bits per heavy atom. The van der Waals surface area contributed by atoms with Crippen LogP contribution in [-0.2, 0) is 6.54 Å². The molecule has 1 aromatic carbocycles. The molecule has 0 fully saturated rings. The van der Waals surface area contributed by atoms with Gasteiger partial charge < -0.3 is 15.1 Å². The fourth-order valence-electron chi connectivity index (χ4n) is 1.72. The van der Waals surface area contributed by atoms with E-state index >= 15 is 0 Å². The number of phenolic OH excluding ortho intramolecular Hbond substituents is 1. The average Bonchev–Trinajstić information content (AvgIpc) is 2.41. The highest BCUT2D eigenvalue weighted by Gasteiger charge is 2.15. The van der Waals surface area contributed by atoms with Gasteiger partial charge in [0.2, 0.25) is 0 Å². The van der Waals surface area contributed by atoms with E-state index in [1.54, 1.807) is 31.3 Å². The van der Waals surface area contributed by atoms with Gasteiger partial charge in [0.05, 0.1) is 11.8 Å². The fraction of sp³-hybridized carbons (Fsp3) is 0.143. The lowest BCUT2D eigenvalue weighted by Gasteiger charge is -2.17. The van der Waals surface area contributed by atoms with Crippen LogP contribution in [0, 0.1) is 0 Å². The van der Waals surface area contributed by atoms with Crippen LogP contribution in [0.25, 0.3) is 0 Å². The number of hydrogen-bond acceptors (Lipinski definition) is 4. The third-order valence-corrected chi connectivity index (χ3v) is 2.73. The van der Waals surface area contributed by atoms with Crippen molar-refractivity contribution >= 4 is 5.91 Å². The van der Waals surface area contributed by atoms with E-state index in [2.05, 4.69) is 4.98 Å². The highest BCUT2D eigenvalue weighted by Crippen LogP contribution is 2.17. The molecule has 2 rings (SSSR count). The van der Waals surface area contributed by atoms with Crippen molar-refractivity contribution in [2.45, 2.75) is 6.54 Å². The van der Waals surface area contributed by atoms with E-state index in [1.807, 2.05) is 0 Å². The first-order chi connectivity index (χ1) is 9.08. The Morgan fingerprint density at radius 3 is 2.53 bits per heavy atom. The first kappa shape index (κ1) is 12.9. The van der Waals surface area contributed by atoms with Crippen LogP contribution in [0.3, 0.4) is 0 Å². The summed E-state index contributed by atoms with van der Waals surface area (Å²) in [6, 6.07) is 8.09. The number of benzene rings is 1. The second-order valence-corrected chi connectivity index (χ2v) is 4.22. The molecule has 1 heterocycles. The van der Waals surface area contributed by atoms with Crippen molar-refractivity contribution in [2.75, 3.05) is 7.05 Å². The van der Waals surface area contributed by atoms with Crippen molar-refractivity contribution < 1.29 is 15.0 Å². The quantitative estimate of drug-likeness (QED) is 0.879. The average molecular weight is 258 g/mol. The molecule has 0 spiro atoms. The van der Waals surface area contributed by atoms with Gasteiger partial charge in [-0.1, -0.05) is 12.1 Å². The molecule has 1 amide bonds. The minimum Gasteiger partial charge on any atom is -0.508 e. The van der Waals surface area contributed by atoms with Gasteiger partial charge in [-0.15, -0.1) is 0 Å². The summed E-state index contributed by atoms with van der Waals surface area (Å²) < 4.78 is 0. The van der Waals surface area contributed by atoms with Crippen molar-refractivity contribution in [1.29, 1.82) is 0 Å². The summed E-state index contributed by atoms with van der Waals surface area (Å²) in [5, 5.41) is 18.8. The van der Waals surface area contributed by atoms with Crippen LogP contribution in [0.1, 0.15) is 15.9 Å². The fourth-order valence-corrected chi connectivity index (χ4v) is 1.72. The molecule has 0 aliphatic heterocycles. The summed E-state index contributed by atoms with van der Waals surface area (Å²) in [5.74, 6) is -0.234. The van der Waals surface area contributed by atoms with Crippen LogP contribution in [0.5, 0.6) is 11.5 Å². The predicted molar refractivity (Wildman–Crippen MR) is 69.8 cm³/mol. The third-order valence-electron chi connectivity index (χ3n) is 2.73. The van der Waals surface area contributed by atoms with Crippen molar-refractivity contribution in [3.8, 4) is 11.5 Å². The molecule has 0 saturated heterocycles. The molecule has 0 unspecified atom stereocenters. The van der Waals surface area contributed by atoms with Gasteiger partial charge in [-0.05, 0) is 23.8 Å². The van der Waals surface area contributed by atoms with Crippen molar-refractivity contribution in [3.63, 3.8) is 0 Å². The number of rotatable bonds is 3. The molecule has 0 aliphatic carbocycles. The van der Waals surface area contributed by atoms with Gasteiger partial charge in [0.1, 0.15) is 11.5 Å². The number of phenols is 1. The Hall–Kier alpha value is -2.56. The van der Waals surface area contributed by atoms with Crippen LogP contribution >= 0.6 is 0 Å². The number of carbonyl (C=O) groups is 1. The zero-order valence-corrected chi connectivity index (χ0v) is 10.4. The van der Waals surface area contributed by atoms with E-state index in [-0.39, 0.29) is 23.0 Å². The van der Waals surface area contributed by atoms with E-state index in [1.165, 1.54) is 23.4 Å². The summed E-state index contributed by atoms with van der Waals surface area (Å²) in [7, 11) is 1.65. The molecule has 0 aliphatic rings. The van der Waals surface area contributed by atoms with Crippen LogP contribution in [0.4, 0.5) is 0 Å². The Bertz CT molecular complexity index is 581. The largest absolute Gasteiger partial charge is 0.508 e. The molecule has 1 aromatic heterocycles. The monoisotopic (exact) mass is 258 g/mol. The van der Waals surface area contributed by atoms with Gasteiger partial charge in [-0.25, -0.2) is 0 Å². The molecule has 5 heteroatoms. The standard InChI is InChI=1S/C14H14N2O3/c1-16(9-10-2-4-11(17)5-3-10)14(19)12-6-7-15-8-13(12)18/h2-8,17-18H,9H2,1H3. The molecular formula is C14H14N2O3. The minimum absolute atomic E-state index is 0.134. The SMILES string of the molecule is CN(Cc1ccc(O)cc1)C(=O)c1ccncc1O. The minimum atomic E-state index is -0.284. The second kappa shape index (κ2) is 5.39. The summed E-state index contributed by atoms with van der Waals surface area (Å²) >= 11 is 0. The molecule has 2 N–H and O–H groups in total. The maximum atomic E-state index is 12.1. The molecule has 98 valence electrons. The predicted octanol–water partition coefficient (Wildman–Crippen LogP) is 1.77. The molecular weight excluding hydrogens is 244 g/mol. The van der Waals surface area contributed by atoms with Crippen molar-refractivity contribution in [3.05, 3.63) is 53.9 Å². The lowest BCUT2D eigenvalue weighted by Crippen LogP contribution is -2.26. The Morgan fingerprint density at radius 2 is 1.89 bits per heavy atom. The first-order valence-electron chi connectivity index (χ1n) is 5.74. The Labute approximate surface area is 110 Å². The van der Waals surface area contributed by atoms with Crippen LogP contribution in [0.2, 0.25) is 0 Å². The summed E-state index contributed by atoms with van der Waals surface area (Å²) in [6.07, 6.45) is 2.70. The molecule has 0 atom stereocenters. The number of amides is 1. The lowest BCUT2D eigenvalue weighted by molar-refractivity contribution is 0.0782. The molecule has 0 radical (unpaired) electrons. The number of hydrogen-bond donors (Lipinski definition) is 2. The van der Waals surface area contributed by atoms with Gasteiger partial charge in [-0.3, -0.25) is 9.78 Å². The van der Waals surface area contributed by atoms with Gasteiger partial charge in [0.25, 0.3) is 5.91 Å². The molecule has 5 nitrogen and oxygen atoms in total. The smallest absolute Gasteiger partial charge is 0.257 e. The summed E-state index contributed by atoms with van der Waals surface area (Å²) in [6.45, 7) is 0.390. The van der Waals surface area contributed by atoms with Gasteiger partial charge in [0, 0.05) is 19.8 Å². The lowest BCUT2D eigenvalue weighted by atomic mass is 10.2. The normalized spacial score (nSPS) is 10.2. The van der Waals surface area contributed by atoms with Crippen molar-refractivity contribution in [2.24, 2.45) is 0 Å². The van der Waals surface area contributed by atoms with E-state index in [0.29, 0.717) is 6.54 Å². The van der Waals surface area contributed by atoms with Crippen LogP contribution < -0.4 is 0 Å². The zero-order chi connectivity index (χ0) is 13.8. The number of carbonyl (C=O) groups excluding carboxylic acids is 1. The molecule has 0 bridgehead atoms. The maximum absolute atomic E-state index is 12.1. The number of aromatic hydroxyl groups is 2. The molecule has 2 aromatic rings. The van der Waals surface area contributed by atoms with E-state index in [4.69, 9.17) is 0 Å². The Kier molecular flexibility index (Phi) is 3.66. The van der Waals surface area contributed by atoms with Crippen LogP contribution in [0.15, 0.2) is 42.7 Å². The maximum Gasteiger partial charge on any atom is 0.257 e. The molecule has 0 saturated carbocycles. The van der Waals surface area contributed by atoms with Gasteiger partial charge >= 0.3 is 0 Å². The van der Waals surface area contributed by atoms with Crippen molar-refractivity contribution in [1.82, 2.24) is 9.88 Å². The van der Waals surface area contributed by atoms with Gasteiger partial charge in [0.15, 0.2) is 0 Å². The van der Waals surface area contributed by atoms with Gasteiger partial charge in [-0.2, -0.15) is 0 Å². The van der Waals surface area contributed by atoms with Crippen LogP contribution in [-0.4, -0.2) is 33.1 Å². The highest BCUT2D eigenvalue weighted by molar-refractivity contribution is 5.96. The first-order valence-corrected chi connectivity index (χ1v) is 5.74. The number of pyridine rings is 1. The number of aromatic nitrogens is 1. The number of nitrogens with zero attached hydrogens (tertiary/aromatic N) is 2. The van der Waals surface area contributed by atoms with E-state index < -0.39 is 0 Å². The molecule has 19 heavy (non-hydrogen) atoms. The second-order valence-electron chi connectivity index (χ2n) is 4.22. The third kappa shape index (κ3) is 3.01. The van der Waals surface area contributed by atoms with E-state index in [0.717, 1.165) is 5.56 Å². The van der Waals surface area contributed by atoms with E-state index in [9.17, 15) is 15.0 Å². The zero-order valence-electron chi connectivity index (χ0n) is 10.4. The summed E-state index contributed by atoms with van der Waals surface area (Å²) in [5.41, 5.74) is 1.11. The Balaban J connectivity index is 2.12. The highest BCUT2D eigenvalue weighted by atomic mass is 16.3. The summed E-state index contributed by atoms with van der Waals surface area (Å²) in [4.78, 5) is 17.3. The topological polar surface area (TPSA) is 73.7 Å².